The highest BCUT2D eigenvalue weighted by atomic mass is 16.5. The summed E-state index contributed by atoms with van der Waals surface area (Å²) < 4.78 is 5.08. The molecule has 5 heteroatoms. The van der Waals surface area contributed by atoms with Crippen molar-refractivity contribution in [2.45, 2.75) is 12.8 Å². The average molecular weight is 311 g/mol. The van der Waals surface area contributed by atoms with E-state index in [1.165, 1.54) is 0 Å². The predicted octanol–water partition coefficient (Wildman–Crippen LogP) is 3.01. The average Bonchev–Trinajstić information content (AvgIpc) is 2.61. The molecule has 5 nitrogen and oxygen atoms in total. The Labute approximate surface area is 136 Å². The molecule has 23 heavy (non-hydrogen) atoms. The van der Waals surface area contributed by atoms with E-state index in [0.717, 1.165) is 17.0 Å². The van der Waals surface area contributed by atoms with E-state index in [2.05, 4.69) is 15.8 Å². The molecule has 0 spiro atoms. The van der Waals surface area contributed by atoms with Gasteiger partial charge in [-0.1, -0.05) is 37.3 Å². The number of amides is 1. The van der Waals surface area contributed by atoms with Crippen LogP contribution in [0.25, 0.3) is 0 Å². The zero-order valence-corrected chi connectivity index (χ0v) is 13.3. The molecule has 1 atom stereocenters. The van der Waals surface area contributed by atoms with Gasteiger partial charge < -0.3 is 10.1 Å². The number of carbonyl (C=O) groups is 1. The smallest absolute Gasteiger partial charge is 0.259 e. The van der Waals surface area contributed by atoms with Gasteiger partial charge in [-0.05, 0) is 29.8 Å². The van der Waals surface area contributed by atoms with Crippen LogP contribution >= 0.6 is 0 Å². The van der Waals surface area contributed by atoms with Gasteiger partial charge in [-0.3, -0.25) is 4.79 Å². The van der Waals surface area contributed by atoms with Gasteiger partial charge >= 0.3 is 0 Å². The number of nitrogens with one attached hydrogen (secondary N) is 2. The van der Waals surface area contributed by atoms with E-state index in [9.17, 15) is 4.79 Å². The minimum Gasteiger partial charge on any atom is -0.497 e. The van der Waals surface area contributed by atoms with E-state index >= 15 is 0 Å². The second kappa shape index (κ2) is 8.58. The molecule has 0 fully saturated rings. The molecule has 2 aromatic rings. The number of nitrogens with zero attached hydrogens (tertiary/aromatic N) is 1. The zero-order valence-electron chi connectivity index (χ0n) is 13.3. The fourth-order valence-electron chi connectivity index (χ4n) is 1.99. The first kappa shape index (κ1) is 16.5. The highest BCUT2D eigenvalue weighted by Crippen LogP contribution is 2.14. The SMILES string of the molecule is COc1ccc(NCC(=O)NN=CC(C)c2ccccc2)cc1. The van der Waals surface area contributed by atoms with Crippen molar-refractivity contribution < 1.29 is 9.53 Å². The van der Waals surface area contributed by atoms with Crippen molar-refractivity contribution in [2.24, 2.45) is 5.10 Å². The molecule has 0 bridgehead atoms. The quantitative estimate of drug-likeness (QED) is 0.610. The molecule has 120 valence electrons. The van der Waals surface area contributed by atoms with E-state index < -0.39 is 0 Å². The first-order chi connectivity index (χ1) is 11.2. The molecule has 0 aliphatic carbocycles. The van der Waals surface area contributed by atoms with Gasteiger partial charge in [0.05, 0.1) is 13.7 Å². The lowest BCUT2D eigenvalue weighted by Gasteiger charge is -2.07. The number of carbonyl (C=O) groups excluding carboxylic acids is 1. The van der Waals surface area contributed by atoms with Gasteiger partial charge in [0.25, 0.3) is 5.91 Å². The normalized spacial score (nSPS) is 11.9. The van der Waals surface area contributed by atoms with Crippen LogP contribution in [0.1, 0.15) is 18.4 Å². The standard InChI is InChI=1S/C18H21N3O2/c1-14(15-6-4-3-5-7-15)12-20-21-18(22)13-19-16-8-10-17(23-2)11-9-16/h3-12,14,19H,13H2,1-2H3,(H,21,22). The van der Waals surface area contributed by atoms with E-state index in [1.54, 1.807) is 13.3 Å². The Balaban J connectivity index is 1.75. The summed E-state index contributed by atoms with van der Waals surface area (Å²) in [6.45, 7) is 2.18. The van der Waals surface area contributed by atoms with Gasteiger partial charge in [0.15, 0.2) is 0 Å². The van der Waals surface area contributed by atoms with Gasteiger partial charge in [0.2, 0.25) is 0 Å². The highest BCUT2D eigenvalue weighted by molar-refractivity contribution is 5.81. The van der Waals surface area contributed by atoms with Gasteiger partial charge in [-0.2, -0.15) is 5.10 Å². The summed E-state index contributed by atoms with van der Waals surface area (Å²) >= 11 is 0. The van der Waals surface area contributed by atoms with Crippen LogP contribution in [0.15, 0.2) is 59.7 Å². The Kier molecular flexibility index (Phi) is 6.17. The molecule has 0 heterocycles. The number of rotatable bonds is 7. The predicted molar refractivity (Wildman–Crippen MR) is 93.0 cm³/mol. The van der Waals surface area contributed by atoms with E-state index in [0.29, 0.717) is 0 Å². The fraction of sp³-hybridized carbons (Fsp3) is 0.222. The minimum absolute atomic E-state index is 0.144. The number of benzene rings is 2. The van der Waals surface area contributed by atoms with Crippen molar-refractivity contribution in [3.63, 3.8) is 0 Å². The van der Waals surface area contributed by atoms with E-state index in [1.807, 2.05) is 61.5 Å². The summed E-state index contributed by atoms with van der Waals surface area (Å²) in [4.78, 5) is 11.7. The maximum atomic E-state index is 11.7. The van der Waals surface area contributed by atoms with E-state index in [4.69, 9.17) is 4.74 Å². The number of anilines is 1. The van der Waals surface area contributed by atoms with Gasteiger partial charge in [0, 0.05) is 17.8 Å². The molecule has 0 radical (unpaired) electrons. The summed E-state index contributed by atoms with van der Waals surface area (Å²) in [6, 6.07) is 17.4. The van der Waals surface area contributed by atoms with Gasteiger partial charge in [0.1, 0.15) is 5.75 Å². The summed E-state index contributed by atoms with van der Waals surface area (Å²) in [6.07, 6.45) is 1.72. The molecule has 0 aliphatic heterocycles. The third kappa shape index (κ3) is 5.47. The lowest BCUT2D eigenvalue weighted by atomic mass is 10.0. The summed E-state index contributed by atoms with van der Waals surface area (Å²) in [5.74, 6) is 0.725. The van der Waals surface area contributed by atoms with Crippen LogP contribution in [-0.4, -0.2) is 25.8 Å². The lowest BCUT2D eigenvalue weighted by molar-refractivity contribution is -0.119. The lowest BCUT2D eigenvalue weighted by Crippen LogP contribution is -2.26. The van der Waals surface area contributed by atoms with Crippen LogP contribution in [0.4, 0.5) is 5.69 Å². The van der Waals surface area contributed by atoms with Gasteiger partial charge in [-0.25, -0.2) is 5.43 Å². The van der Waals surface area contributed by atoms with Crippen molar-refractivity contribution in [3.8, 4) is 5.75 Å². The summed E-state index contributed by atoms with van der Waals surface area (Å²) in [7, 11) is 1.62. The first-order valence-corrected chi connectivity index (χ1v) is 7.44. The third-order valence-corrected chi connectivity index (χ3v) is 3.36. The van der Waals surface area contributed by atoms with Crippen LogP contribution in [-0.2, 0) is 4.79 Å². The van der Waals surface area contributed by atoms with Crippen LogP contribution in [0.3, 0.4) is 0 Å². The summed E-state index contributed by atoms with van der Waals surface area (Å²) in [5.41, 5.74) is 4.52. The second-order valence-electron chi connectivity index (χ2n) is 5.09. The zero-order chi connectivity index (χ0) is 16.5. The van der Waals surface area contributed by atoms with Crippen molar-refractivity contribution in [2.75, 3.05) is 19.0 Å². The molecule has 2 aromatic carbocycles. The molecule has 0 aromatic heterocycles. The monoisotopic (exact) mass is 311 g/mol. The Morgan fingerprint density at radius 3 is 2.52 bits per heavy atom. The maximum absolute atomic E-state index is 11.7. The van der Waals surface area contributed by atoms with Gasteiger partial charge in [-0.15, -0.1) is 0 Å². The first-order valence-electron chi connectivity index (χ1n) is 7.44. The van der Waals surface area contributed by atoms with Crippen molar-refractivity contribution in [1.82, 2.24) is 5.43 Å². The minimum atomic E-state index is -0.197. The van der Waals surface area contributed by atoms with Crippen molar-refractivity contribution in [1.29, 1.82) is 0 Å². The topological polar surface area (TPSA) is 62.7 Å². The third-order valence-electron chi connectivity index (χ3n) is 3.36. The Morgan fingerprint density at radius 1 is 1.17 bits per heavy atom. The number of hydrogen-bond donors (Lipinski definition) is 2. The fourth-order valence-corrected chi connectivity index (χ4v) is 1.99. The van der Waals surface area contributed by atoms with Crippen LogP contribution < -0.4 is 15.5 Å². The van der Waals surface area contributed by atoms with Crippen LogP contribution in [0, 0.1) is 0 Å². The molecule has 0 aliphatic rings. The number of hydrogen-bond acceptors (Lipinski definition) is 4. The summed E-state index contributed by atoms with van der Waals surface area (Å²) in [5, 5.41) is 7.03. The molecular weight excluding hydrogens is 290 g/mol. The molecule has 2 N–H and O–H groups in total. The Bertz CT molecular complexity index is 639. The molecule has 2 rings (SSSR count). The Hall–Kier alpha value is -2.82. The number of methoxy groups -OCH3 is 1. The molecular formula is C18H21N3O2. The van der Waals surface area contributed by atoms with Crippen molar-refractivity contribution in [3.05, 3.63) is 60.2 Å². The highest BCUT2D eigenvalue weighted by Gasteiger charge is 2.02. The second-order valence-corrected chi connectivity index (χ2v) is 5.09. The Morgan fingerprint density at radius 2 is 1.87 bits per heavy atom. The largest absolute Gasteiger partial charge is 0.497 e. The van der Waals surface area contributed by atoms with Crippen molar-refractivity contribution >= 4 is 17.8 Å². The molecule has 1 amide bonds. The molecule has 0 saturated heterocycles. The maximum Gasteiger partial charge on any atom is 0.259 e. The van der Waals surface area contributed by atoms with Crippen LogP contribution in [0.2, 0.25) is 0 Å². The molecule has 0 saturated carbocycles. The number of ether oxygens (including phenoxy) is 1. The molecule has 1 unspecified atom stereocenters. The van der Waals surface area contributed by atoms with Crippen LogP contribution in [0.5, 0.6) is 5.75 Å². The number of hydrazone groups is 1. The van der Waals surface area contributed by atoms with E-state index in [-0.39, 0.29) is 18.4 Å².